The maximum atomic E-state index is 9.80. The highest BCUT2D eigenvalue weighted by molar-refractivity contribution is 6.32. The molecule has 3 aliphatic rings. The summed E-state index contributed by atoms with van der Waals surface area (Å²) in [6, 6.07) is 4.19. The van der Waals surface area contributed by atoms with Crippen LogP contribution in [0.5, 0.6) is 11.9 Å². The molecule has 2 saturated heterocycles. The lowest BCUT2D eigenvalue weighted by Crippen LogP contribution is -2.34. The Labute approximate surface area is 159 Å². The molecule has 27 heavy (non-hydrogen) atoms. The number of nitriles is 1. The van der Waals surface area contributed by atoms with Crippen LogP contribution in [0.4, 0.5) is 0 Å². The second-order valence-electron chi connectivity index (χ2n) is 7.19. The molecule has 2 N–H and O–H groups in total. The van der Waals surface area contributed by atoms with Crippen molar-refractivity contribution in [2.24, 2.45) is 5.41 Å². The first kappa shape index (κ1) is 17.0. The zero-order valence-electron chi connectivity index (χ0n) is 14.2. The summed E-state index contributed by atoms with van der Waals surface area (Å²) >= 11 is 6.24. The minimum Gasteiger partial charge on any atom is -0.475 e. The van der Waals surface area contributed by atoms with E-state index in [4.69, 9.17) is 35.8 Å². The Balaban J connectivity index is 1.32. The summed E-state index contributed by atoms with van der Waals surface area (Å²) in [5, 5.41) is 19.3. The molecule has 4 atom stereocenters. The van der Waals surface area contributed by atoms with Crippen molar-refractivity contribution in [3.8, 4) is 18.0 Å². The minimum atomic E-state index is -0.636. The van der Waals surface area contributed by atoms with E-state index in [1.54, 1.807) is 6.07 Å². The number of nitrogens with one attached hydrogen (secondary N) is 1. The second-order valence-corrected chi connectivity index (χ2v) is 7.60. The monoisotopic (exact) mass is 392 g/mol. The van der Waals surface area contributed by atoms with E-state index in [9.17, 15) is 5.11 Å². The first-order valence-electron chi connectivity index (χ1n) is 8.75. The van der Waals surface area contributed by atoms with Crippen LogP contribution >= 0.6 is 11.6 Å². The number of halogens is 1. The van der Waals surface area contributed by atoms with Crippen molar-refractivity contribution in [1.29, 1.82) is 5.26 Å². The van der Waals surface area contributed by atoms with Crippen molar-refractivity contribution < 1.29 is 24.1 Å². The van der Waals surface area contributed by atoms with Gasteiger partial charge in [-0.3, -0.25) is 0 Å². The fraction of sp³-hybridized carbons (Fsp3) is 0.588. The molecule has 2 aromatic heterocycles. The van der Waals surface area contributed by atoms with Crippen LogP contribution < -0.4 is 9.47 Å². The fourth-order valence-corrected chi connectivity index (χ4v) is 3.58. The van der Waals surface area contributed by atoms with Gasteiger partial charge in [0.1, 0.15) is 29.9 Å². The molecule has 1 unspecified atom stereocenters. The van der Waals surface area contributed by atoms with Crippen LogP contribution in [0, 0.1) is 16.7 Å². The molecule has 0 bridgehead atoms. The predicted octanol–water partition coefficient (Wildman–Crippen LogP) is 1.20. The number of imidazole rings is 1. The molecule has 3 fully saturated rings. The van der Waals surface area contributed by atoms with Crippen LogP contribution in [-0.4, -0.2) is 64.3 Å². The van der Waals surface area contributed by atoms with E-state index in [0.717, 1.165) is 12.8 Å². The Kier molecular flexibility index (Phi) is 3.91. The molecule has 0 amide bonds. The van der Waals surface area contributed by atoms with Gasteiger partial charge < -0.3 is 29.0 Å². The van der Waals surface area contributed by atoms with Gasteiger partial charge in [-0.25, -0.2) is 0 Å². The highest BCUT2D eigenvalue weighted by Gasteiger charge is 2.48. The molecule has 0 radical (unpaired) electrons. The zero-order valence-corrected chi connectivity index (χ0v) is 15.0. The zero-order chi connectivity index (χ0) is 18.6. The summed E-state index contributed by atoms with van der Waals surface area (Å²) in [7, 11) is 0. The molecule has 2 aliphatic heterocycles. The highest BCUT2D eigenvalue weighted by atomic mass is 35.5. The number of aliphatic hydroxyl groups is 1. The van der Waals surface area contributed by atoms with E-state index >= 15 is 0 Å². The largest absolute Gasteiger partial charge is 0.475 e. The first-order valence-corrected chi connectivity index (χ1v) is 9.13. The molecular weight excluding hydrogens is 376 g/mol. The van der Waals surface area contributed by atoms with E-state index in [1.807, 2.05) is 0 Å². The number of fused-ring (bicyclic) bond motifs is 2. The van der Waals surface area contributed by atoms with Gasteiger partial charge in [0.25, 0.3) is 6.01 Å². The molecule has 4 heterocycles. The SMILES string of the molecule is N#CC1(COc2nc3nc(O[C@@H]4COC5[C@H](O)CO[C@@H]54)[nH]c3cc2Cl)CC1. The molecule has 5 rings (SSSR count). The van der Waals surface area contributed by atoms with Gasteiger partial charge in [-0.1, -0.05) is 11.6 Å². The highest BCUT2D eigenvalue weighted by Crippen LogP contribution is 2.45. The van der Waals surface area contributed by atoms with Crippen molar-refractivity contribution in [3.05, 3.63) is 11.1 Å². The van der Waals surface area contributed by atoms with Crippen LogP contribution in [0.1, 0.15) is 12.8 Å². The van der Waals surface area contributed by atoms with Crippen molar-refractivity contribution >= 4 is 22.8 Å². The molecule has 142 valence electrons. The van der Waals surface area contributed by atoms with Gasteiger partial charge in [0, 0.05) is 0 Å². The number of nitrogens with zero attached hydrogens (tertiary/aromatic N) is 3. The van der Waals surface area contributed by atoms with Gasteiger partial charge in [0.15, 0.2) is 11.8 Å². The van der Waals surface area contributed by atoms with Gasteiger partial charge in [-0.05, 0) is 18.9 Å². The number of H-pyrrole nitrogens is 1. The Bertz CT molecular complexity index is 924. The number of aliphatic hydroxyl groups excluding tert-OH is 1. The molecule has 0 aromatic carbocycles. The van der Waals surface area contributed by atoms with Crippen molar-refractivity contribution in [1.82, 2.24) is 15.0 Å². The normalized spacial score (nSPS) is 30.9. The quantitative estimate of drug-likeness (QED) is 0.778. The Hall–Kier alpha value is -2.12. The predicted molar refractivity (Wildman–Crippen MR) is 91.6 cm³/mol. The van der Waals surface area contributed by atoms with Crippen molar-refractivity contribution in [2.75, 3.05) is 19.8 Å². The van der Waals surface area contributed by atoms with E-state index in [0.29, 0.717) is 22.8 Å². The summed E-state index contributed by atoms with van der Waals surface area (Å²) in [4.78, 5) is 11.7. The fourth-order valence-electron chi connectivity index (χ4n) is 3.37. The average Bonchev–Trinajstić information content (AvgIpc) is 2.95. The molecule has 9 nitrogen and oxygen atoms in total. The summed E-state index contributed by atoms with van der Waals surface area (Å²) in [5.41, 5.74) is 0.589. The molecule has 1 aliphatic carbocycles. The molecule has 10 heteroatoms. The van der Waals surface area contributed by atoms with Gasteiger partial charge in [0.05, 0.1) is 30.2 Å². The van der Waals surface area contributed by atoms with Crippen LogP contribution in [0.2, 0.25) is 5.02 Å². The lowest BCUT2D eigenvalue weighted by atomic mass is 10.1. The lowest BCUT2D eigenvalue weighted by molar-refractivity contribution is 0.00706. The Morgan fingerprint density at radius 3 is 2.93 bits per heavy atom. The van der Waals surface area contributed by atoms with E-state index < -0.39 is 11.5 Å². The first-order chi connectivity index (χ1) is 13.1. The summed E-state index contributed by atoms with van der Waals surface area (Å²) < 4.78 is 22.6. The number of hydrogen-bond donors (Lipinski definition) is 2. The third-order valence-corrected chi connectivity index (χ3v) is 5.46. The third-order valence-electron chi connectivity index (χ3n) is 5.19. The van der Waals surface area contributed by atoms with Crippen molar-refractivity contribution in [2.45, 2.75) is 37.3 Å². The van der Waals surface area contributed by atoms with Gasteiger partial charge >= 0.3 is 0 Å². The van der Waals surface area contributed by atoms with E-state index in [1.165, 1.54) is 0 Å². The number of rotatable bonds is 5. The summed E-state index contributed by atoms with van der Waals surface area (Å²) in [6.07, 6.45) is -0.0590. The van der Waals surface area contributed by atoms with E-state index in [-0.39, 0.29) is 43.4 Å². The lowest BCUT2D eigenvalue weighted by Gasteiger charge is -2.15. The Morgan fingerprint density at radius 2 is 2.15 bits per heavy atom. The molecule has 1 saturated carbocycles. The van der Waals surface area contributed by atoms with Crippen molar-refractivity contribution in [3.63, 3.8) is 0 Å². The van der Waals surface area contributed by atoms with Gasteiger partial charge in [-0.2, -0.15) is 15.2 Å². The van der Waals surface area contributed by atoms with Crippen LogP contribution in [-0.2, 0) is 9.47 Å². The number of aromatic amines is 1. The standard InChI is InChI=1S/C17H17ClN4O5/c18-8-3-9-14(21-15(8)26-7-17(6-19)1-2-17)22-16(20-9)27-11-5-25-12-10(23)4-24-13(11)12/h3,10-13,23H,1-2,4-5,7H2,(H,20,21,22)/t10-,11-,12?,13-/m1/s1. The number of aromatic nitrogens is 3. The number of pyridine rings is 1. The molecular formula is C17H17ClN4O5. The average molecular weight is 393 g/mol. The summed E-state index contributed by atoms with van der Waals surface area (Å²) in [6.45, 7) is 0.803. The molecule has 2 aromatic rings. The molecule has 0 spiro atoms. The third kappa shape index (κ3) is 2.99. The van der Waals surface area contributed by atoms with Crippen LogP contribution in [0.3, 0.4) is 0 Å². The topological polar surface area (TPSA) is 123 Å². The summed E-state index contributed by atoms with van der Waals surface area (Å²) in [5.74, 6) is 0.246. The van der Waals surface area contributed by atoms with Crippen LogP contribution in [0.15, 0.2) is 6.07 Å². The van der Waals surface area contributed by atoms with E-state index in [2.05, 4.69) is 21.0 Å². The second kappa shape index (κ2) is 6.21. The maximum absolute atomic E-state index is 9.80. The Morgan fingerprint density at radius 1 is 1.33 bits per heavy atom. The number of hydrogen-bond acceptors (Lipinski definition) is 8. The minimum absolute atomic E-state index is 0.234. The van der Waals surface area contributed by atoms with Crippen LogP contribution in [0.25, 0.3) is 11.2 Å². The smallest absolute Gasteiger partial charge is 0.296 e. The maximum Gasteiger partial charge on any atom is 0.296 e. The van der Waals surface area contributed by atoms with Gasteiger partial charge in [-0.15, -0.1) is 0 Å². The number of ether oxygens (including phenoxy) is 4. The van der Waals surface area contributed by atoms with Gasteiger partial charge in [0.2, 0.25) is 5.88 Å².